The molecule has 0 radical (unpaired) electrons. The van der Waals surface area contributed by atoms with Crippen LogP contribution in [0.15, 0.2) is 42.6 Å². The lowest BCUT2D eigenvalue weighted by molar-refractivity contribution is 0.0986. The average Bonchev–Trinajstić information content (AvgIpc) is 2.98. The van der Waals surface area contributed by atoms with E-state index < -0.39 is 5.91 Å². The fourth-order valence-electron chi connectivity index (χ4n) is 2.81. The Morgan fingerprint density at radius 3 is 2.50 bits per heavy atom. The molecule has 0 aliphatic carbocycles. The first-order valence-corrected chi connectivity index (χ1v) is 6.89. The van der Waals surface area contributed by atoms with Crippen molar-refractivity contribution < 1.29 is 4.79 Å². The molecule has 104 valence electrons. The summed E-state index contributed by atoms with van der Waals surface area (Å²) in [7, 11) is 0. The lowest BCUT2D eigenvalue weighted by Crippen LogP contribution is -2.36. The van der Waals surface area contributed by atoms with E-state index in [1.165, 1.54) is 5.69 Å². The van der Waals surface area contributed by atoms with Crippen LogP contribution in [-0.2, 0) is 0 Å². The molecule has 0 spiro atoms. The molecule has 1 aliphatic heterocycles. The van der Waals surface area contributed by atoms with Gasteiger partial charge in [-0.3, -0.25) is 9.48 Å². The van der Waals surface area contributed by atoms with Gasteiger partial charge in [0.05, 0.1) is 6.04 Å². The molecule has 2 N–H and O–H groups in total. The van der Waals surface area contributed by atoms with E-state index in [-0.39, 0.29) is 6.04 Å². The Morgan fingerprint density at radius 1 is 1.15 bits per heavy atom. The molecule has 0 unspecified atom stereocenters. The second kappa shape index (κ2) is 5.36. The van der Waals surface area contributed by atoms with Gasteiger partial charge in [0.25, 0.3) is 5.91 Å². The minimum Gasteiger partial charge on any atom is -0.371 e. The van der Waals surface area contributed by atoms with Crippen LogP contribution in [0.5, 0.6) is 0 Å². The van der Waals surface area contributed by atoms with Crippen LogP contribution in [-0.4, -0.2) is 28.8 Å². The van der Waals surface area contributed by atoms with Crippen molar-refractivity contribution in [2.45, 2.75) is 18.9 Å². The van der Waals surface area contributed by atoms with Crippen molar-refractivity contribution in [3.05, 3.63) is 48.3 Å². The molecule has 1 aliphatic rings. The Labute approximate surface area is 118 Å². The first kappa shape index (κ1) is 12.7. The van der Waals surface area contributed by atoms with Gasteiger partial charge in [0.1, 0.15) is 5.69 Å². The highest BCUT2D eigenvalue weighted by Crippen LogP contribution is 2.26. The number of hydrogen-bond donors (Lipinski definition) is 1. The maximum Gasteiger partial charge on any atom is 0.266 e. The Bertz CT molecular complexity index is 585. The van der Waals surface area contributed by atoms with Crippen molar-refractivity contribution in [1.29, 1.82) is 0 Å². The number of carbonyl (C=O) groups excluding carboxylic acids is 1. The zero-order chi connectivity index (χ0) is 13.9. The van der Waals surface area contributed by atoms with Crippen LogP contribution in [0.2, 0.25) is 0 Å². The fourth-order valence-corrected chi connectivity index (χ4v) is 2.81. The summed E-state index contributed by atoms with van der Waals surface area (Å²) in [6, 6.07) is 12.3. The molecule has 0 bridgehead atoms. The van der Waals surface area contributed by atoms with Gasteiger partial charge in [0, 0.05) is 25.0 Å². The molecule has 1 aromatic heterocycles. The molecule has 5 nitrogen and oxygen atoms in total. The number of nitrogens with two attached hydrogens (primary N) is 1. The SMILES string of the molecule is NC(=O)c1ccnn1C1CCN(c2ccccc2)CC1. The van der Waals surface area contributed by atoms with Crippen LogP contribution in [0.4, 0.5) is 5.69 Å². The van der Waals surface area contributed by atoms with Gasteiger partial charge < -0.3 is 10.6 Å². The number of para-hydroxylation sites is 1. The third-order valence-corrected chi connectivity index (χ3v) is 3.85. The zero-order valence-electron chi connectivity index (χ0n) is 11.3. The topological polar surface area (TPSA) is 64.2 Å². The number of primary amides is 1. The van der Waals surface area contributed by atoms with Crippen molar-refractivity contribution in [2.75, 3.05) is 18.0 Å². The van der Waals surface area contributed by atoms with Crippen molar-refractivity contribution in [3.63, 3.8) is 0 Å². The third kappa shape index (κ3) is 2.39. The number of hydrogen-bond acceptors (Lipinski definition) is 3. The Balaban J connectivity index is 1.70. The normalized spacial score (nSPS) is 16.3. The molecule has 1 fully saturated rings. The summed E-state index contributed by atoms with van der Waals surface area (Å²) < 4.78 is 1.78. The van der Waals surface area contributed by atoms with E-state index in [1.807, 2.05) is 6.07 Å². The number of rotatable bonds is 3. The number of anilines is 1. The lowest BCUT2D eigenvalue weighted by atomic mass is 10.0. The van der Waals surface area contributed by atoms with Crippen LogP contribution < -0.4 is 10.6 Å². The third-order valence-electron chi connectivity index (χ3n) is 3.85. The van der Waals surface area contributed by atoms with E-state index >= 15 is 0 Å². The molecule has 2 heterocycles. The summed E-state index contributed by atoms with van der Waals surface area (Å²) in [5.74, 6) is -0.409. The van der Waals surface area contributed by atoms with E-state index in [0.717, 1.165) is 25.9 Å². The van der Waals surface area contributed by atoms with Gasteiger partial charge in [-0.05, 0) is 31.0 Å². The monoisotopic (exact) mass is 270 g/mol. The van der Waals surface area contributed by atoms with Gasteiger partial charge in [-0.15, -0.1) is 0 Å². The molecule has 1 aromatic carbocycles. The summed E-state index contributed by atoms with van der Waals surface area (Å²) in [5, 5.41) is 4.26. The minimum absolute atomic E-state index is 0.257. The average molecular weight is 270 g/mol. The van der Waals surface area contributed by atoms with Crippen LogP contribution >= 0.6 is 0 Å². The van der Waals surface area contributed by atoms with Crippen molar-refractivity contribution >= 4 is 11.6 Å². The lowest BCUT2D eigenvalue weighted by Gasteiger charge is -2.34. The summed E-state index contributed by atoms with van der Waals surface area (Å²) in [6.45, 7) is 1.93. The Morgan fingerprint density at radius 2 is 1.85 bits per heavy atom. The fraction of sp³-hybridized carbons (Fsp3) is 0.333. The highest BCUT2D eigenvalue weighted by molar-refractivity contribution is 5.90. The van der Waals surface area contributed by atoms with Gasteiger partial charge in [0.15, 0.2) is 0 Å². The molecule has 0 saturated carbocycles. The van der Waals surface area contributed by atoms with Crippen molar-refractivity contribution in [3.8, 4) is 0 Å². The standard InChI is InChI=1S/C15H18N4O/c16-15(20)14-6-9-17-19(14)13-7-10-18(11-8-13)12-4-2-1-3-5-12/h1-6,9,13H,7-8,10-11H2,(H2,16,20). The number of benzene rings is 1. The molecular formula is C15H18N4O. The maximum atomic E-state index is 11.4. The Kier molecular flexibility index (Phi) is 3.41. The van der Waals surface area contributed by atoms with Crippen LogP contribution in [0.1, 0.15) is 29.4 Å². The van der Waals surface area contributed by atoms with Gasteiger partial charge in [-0.1, -0.05) is 18.2 Å². The van der Waals surface area contributed by atoms with E-state index in [2.05, 4.69) is 34.3 Å². The predicted octanol–water partition coefficient (Wildman–Crippen LogP) is 1.82. The summed E-state index contributed by atoms with van der Waals surface area (Å²) >= 11 is 0. The van der Waals surface area contributed by atoms with E-state index in [1.54, 1.807) is 16.9 Å². The summed E-state index contributed by atoms with van der Waals surface area (Å²) in [5.41, 5.74) is 7.13. The van der Waals surface area contributed by atoms with Gasteiger partial charge in [0.2, 0.25) is 0 Å². The number of piperidine rings is 1. The second-order valence-corrected chi connectivity index (χ2v) is 5.08. The summed E-state index contributed by atoms with van der Waals surface area (Å²) in [6.07, 6.45) is 3.58. The first-order valence-electron chi connectivity index (χ1n) is 6.89. The smallest absolute Gasteiger partial charge is 0.266 e. The highest BCUT2D eigenvalue weighted by Gasteiger charge is 2.23. The largest absolute Gasteiger partial charge is 0.371 e. The number of amides is 1. The number of aromatic nitrogens is 2. The molecule has 3 rings (SSSR count). The van der Waals surface area contributed by atoms with Gasteiger partial charge >= 0.3 is 0 Å². The van der Waals surface area contributed by atoms with Crippen molar-refractivity contribution in [2.24, 2.45) is 5.73 Å². The molecule has 1 saturated heterocycles. The molecular weight excluding hydrogens is 252 g/mol. The molecule has 0 atom stereocenters. The number of carbonyl (C=O) groups is 1. The quantitative estimate of drug-likeness (QED) is 0.925. The molecule has 2 aromatic rings. The minimum atomic E-state index is -0.409. The second-order valence-electron chi connectivity index (χ2n) is 5.08. The van der Waals surface area contributed by atoms with Crippen molar-refractivity contribution in [1.82, 2.24) is 9.78 Å². The van der Waals surface area contributed by atoms with Gasteiger partial charge in [-0.2, -0.15) is 5.10 Å². The summed E-state index contributed by atoms with van der Waals surface area (Å²) in [4.78, 5) is 13.7. The predicted molar refractivity (Wildman–Crippen MR) is 77.7 cm³/mol. The van der Waals surface area contributed by atoms with E-state index in [9.17, 15) is 4.79 Å². The molecule has 5 heteroatoms. The maximum absolute atomic E-state index is 11.4. The Hall–Kier alpha value is -2.30. The van der Waals surface area contributed by atoms with Gasteiger partial charge in [-0.25, -0.2) is 0 Å². The van der Waals surface area contributed by atoms with Crippen LogP contribution in [0, 0.1) is 0 Å². The first-order chi connectivity index (χ1) is 9.75. The molecule has 1 amide bonds. The highest BCUT2D eigenvalue weighted by atomic mass is 16.1. The molecule has 20 heavy (non-hydrogen) atoms. The number of nitrogens with zero attached hydrogens (tertiary/aromatic N) is 3. The van der Waals surface area contributed by atoms with E-state index in [4.69, 9.17) is 5.73 Å². The van der Waals surface area contributed by atoms with Crippen LogP contribution in [0.3, 0.4) is 0 Å². The van der Waals surface area contributed by atoms with E-state index in [0.29, 0.717) is 5.69 Å². The van der Waals surface area contributed by atoms with Crippen LogP contribution in [0.25, 0.3) is 0 Å². The zero-order valence-corrected chi connectivity index (χ0v) is 11.3.